The van der Waals surface area contributed by atoms with Crippen molar-refractivity contribution in [3.8, 4) is 0 Å². The number of nitrogens with zero attached hydrogens (tertiary/aromatic N) is 2. The SMILES string of the molecule is O=C(CCc1nc2ccccc2[nH]c1=O)N/N=C\c1c[nH]c2ccccc12. The molecule has 7 nitrogen and oxygen atoms in total. The van der Waals surface area contributed by atoms with Gasteiger partial charge in [-0.25, -0.2) is 10.4 Å². The van der Waals surface area contributed by atoms with Crippen LogP contribution < -0.4 is 11.0 Å². The van der Waals surface area contributed by atoms with Crippen LogP contribution in [0.1, 0.15) is 17.7 Å². The highest BCUT2D eigenvalue weighted by atomic mass is 16.2. The van der Waals surface area contributed by atoms with Crippen LogP contribution in [0.4, 0.5) is 0 Å². The number of aryl methyl sites for hydroxylation is 1. The van der Waals surface area contributed by atoms with Gasteiger partial charge < -0.3 is 9.97 Å². The molecule has 27 heavy (non-hydrogen) atoms. The molecule has 0 fully saturated rings. The lowest BCUT2D eigenvalue weighted by Crippen LogP contribution is -2.21. The molecule has 0 radical (unpaired) electrons. The molecule has 1 amide bonds. The molecule has 0 aliphatic rings. The van der Waals surface area contributed by atoms with E-state index in [1.807, 2.05) is 48.7 Å². The molecule has 0 saturated carbocycles. The summed E-state index contributed by atoms with van der Waals surface area (Å²) in [5.41, 5.74) is 5.82. The minimum absolute atomic E-state index is 0.125. The Hall–Kier alpha value is -3.74. The first-order valence-corrected chi connectivity index (χ1v) is 8.57. The zero-order valence-corrected chi connectivity index (χ0v) is 14.4. The first-order valence-electron chi connectivity index (χ1n) is 8.57. The number of nitrogens with one attached hydrogen (secondary N) is 3. The predicted molar refractivity (Wildman–Crippen MR) is 105 cm³/mol. The number of carbonyl (C=O) groups excluding carboxylic acids is 1. The molecule has 0 aliphatic heterocycles. The number of rotatable bonds is 5. The molecule has 0 saturated heterocycles. The van der Waals surface area contributed by atoms with Gasteiger partial charge >= 0.3 is 0 Å². The van der Waals surface area contributed by atoms with Crippen LogP contribution >= 0.6 is 0 Å². The molecule has 4 aromatic rings. The van der Waals surface area contributed by atoms with Gasteiger partial charge in [-0.3, -0.25) is 9.59 Å². The van der Waals surface area contributed by atoms with Crippen LogP contribution in [0.2, 0.25) is 0 Å². The van der Waals surface area contributed by atoms with Gasteiger partial charge in [0.05, 0.1) is 17.2 Å². The summed E-state index contributed by atoms with van der Waals surface area (Å²) in [6.07, 6.45) is 3.80. The second kappa shape index (κ2) is 7.25. The Kier molecular flexibility index (Phi) is 4.49. The van der Waals surface area contributed by atoms with Crippen LogP contribution in [0, 0.1) is 0 Å². The van der Waals surface area contributed by atoms with Gasteiger partial charge in [-0.1, -0.05) is 30.3 Å². The highest BCUT2D eigenvalue weighted by Gasteiger charge is 2.08. The monoisotopic (exact) mass is 359 g/mol. The number of hydrogen-bond donors (Lipinski definition) is 3. The second-order valence-electron chi connectivity index (χ2n) is 6.11. The Balaban J connectivity index is 1.38. The summed E-state index contributed by atoms with van der Waals surface area (Å²) < 4.78 is 0. The average Bonchev–Trinajstić information content (AvgIpc) is 3.09. The summed E-state index contributed by atoms with van der Waals surface area (Å²) in [6, 6.07) is 15.1. The smallest absolute Gasteiger partial charge is 0.270 e. The molecule has 0 bridgehead atoms. The Morgan fingerprint density at radius 3 is 2.78 bits per heavy atom. The van der Waals surface area contributed by atoms with E-state index in [9.17, 15) is 9.59 Å². The molecule has 134 valence electrons. The first kappa shape index (κ1) is 16.7. The number of hydrogen-bond acceptors (Lipinski definition) is 4. The van der Waals surface area contributed by atoms with Crippen molar-refractivity contribution >= 4 is 34.1 Å². The normalized spacial score (nSPS) is 11.4. The van der Waals surface area contributed by atoms with Gasteiger partial charge in [-0.2, -0.15) is 5.10 Å². The van der Waals surface area contributed by atoms with Crippen molar-refractivity contribution in [2.75, 3.05) is 0 Å². The van der Waals surface area contributed by atoms with E-state index in [1.165, 1.54) is 0 Å². The summed E-state index contributed by atoms with van der Waals surface area (Å²) in [5.74, 6) is -0.277. The van der Waals surface area contributed by atoms with Gasteiger partial charge in [0.15, 0.2) is 0 Å². The van der Waals surface area contributed by atoms with E-state index < -0.39 is 0 Å². The molecule has 0 aliphatic carbocycles. The molecule has 2 aromatic heterocycles. The van der Waals surface area contributed by atoms with E-state index in [-0.39, 0.29) is 24.3 Å². The molecule has 3 N–H and O–H groups in total. The highest BCUT2D eigenvalue weighted by Crippen LogP contribution is 2.15. The van der Waals surface area contributed by atoms with Gasteiger partial charge in [-0.05, 0) is 18.2 Å². The van der Waals surface area contributed by atoms with E-state index in [0.717, 1.165) is 16.5 Å². The highest BCUT2D eigenvalue weighted by molar-refractivity contribution is 5.99. The molecule has 7 heteroatoms. The second-order valence-corrected chi connectivity index (χ2v) is 6.11. The molecular weight excluding hydrogens is 342 g/mol. The maximum atomic E-state index is 12.1. The zero-order valence-electron chi connectivity index (χ0n) is 14.4. The molecule has 0 atom stereocenters. The Morgan fingerprint density at radius 1 is 1.11 bits per heavy atom. The van der Waals surface area contributed by atoms with Crippen molar-refractivity contribution in [2.24, 2.45) is 5.10 Å². The Bertz CT molecular complexity index is 1210. The average molecular weight is 359 g/mol. The van der Waals surface area contributed by atoms with Crippen molar-refractivity contribution in [1.82, 2.24) is 20.4 Å². The van der Waals surface area contributed by atoms with Crippen molar-refractivity contribution in [2.45, 2.75) is 12.8 Å². The van der Waals surface area contributed by atoms with E-state index in [0.29, 0.717) is 16.7 Å². The Labute approximate surface area is 154 Å². The van der Waals surface area contributed by atoms with Gasteiger partial charge in [0.25, 0.3) is 5.56 Å². The number of H-pyrrole nitrogens is 2. The van der Waals surface area contributed by atoms with Crippen molar-refractivity contribution in [3.05, 3.63) is 76.3 Å². The van der Waals surface area contributed by atoms with Crippen LogP contribution in [0.5, 0.6) is 0 Å². The molecule has 0 unspecified atom stereocenters. The van der Waals surface area contributed by atoms with Crippen molar-refractivity contribution in [1.29, 1.82) is 0 Å². The fourth-order valence-electron chi connectivity index (χ4n) is 2.90. The minimum Gasteiger partial charge on any atom is -0.361 e. The third-order valence-electron chi connectivity index (χ3n) is 4.27. The van der Waals surface area contributed by atoms with E-state index >= 15 is 0 Å². The van der Waals surface area contributed by atoms with Crippen molar-refractivity contribution < 1.29 is 4.79 Å². The largest absolute Gasteiger partial charge is 0.361 e. The number of aromatic nitrogens is 3. The van der Waals surface area contributed by atoms with E-state index in [2.05, 4.69) is 25.5 Å². The fourth-order valence-corrected chi connectivity index (χ4v) is 2.90. The summed E-state index contributed by atoms with van der Waals surface area (Å²) in [5, 5.41) is 5.03. The number of carbonyl (C=O) groups is 1. The summed E-state index contributed by atoms with van der Waals surface area (Å²) in [6.45, 7) is 0. The van der Waals surface area contributed by atoms with Crippen LogP contribution in [-0.4, -0.2) is 27.1 Å². The third kappa shape index (κ3) is 3.62. The lowest BCUT2D eigenvalue weighted by molar-refractivity contribution is -0.121. The maximum absolute atomic E-state index is 12.1. The molecule has 4 rings (SSSR count). The number of benzene rings is 2. The number of fused-ring (bicyclic) bond motifs is 2. The molecule has 2 heterocycles. The third-order valence-corrected chi connectivity index (χ3v) is 4.27. The first-order chi connectivity index (χ1) is 13.2. The minimum atomic E-state index is -0.277. The van der Waals surface area contributed by atoms with Crippen LogP contribution in [0.25, 0.3) is 21.9 Å². The number of para-hydroxylation sites is 3. The topological polar surface area (TPSA) is 103 Å². The number of aromatic amines is 2. The number of amides is 1. The summed E-state index contributed by atoms with van der Waals surface area (Å²) >= 11 is 0. The zero-order chi connectivity index (χ0) is 18.6. The van der Waals surface area contributed by atoms with E-state index in [1.54, 1.807) is 12.3 Å². The van der Waals surface area contributed by atoms with Gasteiger partial charge in [0.2, 0.25) is 5.91 Å². The lowest BCUT2D eigenvalue weighted by Gasteiger charge is -2.02. The quantitative estimate of drug-likeness (QED) is 0.377. The summed E-state index contributed by atoms with van der Waals surface area (Å²) in [4.78, 5) is 34.3. The van der Waals surface area contributed by atoms with Gasteiger partial charge in [-0.15, -0.1) is 0 Å². The summed E-state index contributed by atoms with van der Waals surface area (Å²) in [7, 11) is 0. The Morgan fingerprint density at radius 2 is 1.89 bits per heavy atom. The van der Waals surface area contributed by atoms with Crippen LogP contribution in [0.15, 0.2) is 64.6 Å². The van der Waals surface area contributed by atoms with E-state index in [4.69, 9.17) is 0 Å². The van der Waals surface area contributed by atoms with Crippen LogP contribution in [0.3, 0.4) is 0 Å². The molecular formula is C20H17N5O2. The predicted octanol–water partition coefficient (Wildman–Crippen LogP) is 2.49. The molecule has 0 spiro atoms. The van der Waals surface area contributed by atoms with Gasteiger partial charge in [0.1, 0.15) is 5.69 Å². The maximum Gasteiger partial charge on any atom is 0.270 e. The van der Waals surface area contributed by atoms with Gasteiger partial charge in [0, 0.05) is 35.5 Å². The molecule has 2 aromatic carbocycles. The fraction of sp³-hybridized carbons (Fsp3) is 0.100. The standard InChI is InChI=1S/C20H17N5O2/c26-19(25-22-12-13-11-21-15-6-2-1-5-14(13)15)10-9-18-20(27)24-17-8-4-3-7-16(17)23-18/h1-8,11-12,21H,9-10H2,(H,24,27)(H,25,26)/b22-12-. The number of hydrazone groups is 1. The van der Waals surface area contributed by atoms with Crippen molar-refractivity contribution in [3.63, 3.8) is 0 Å². The lowest BCUT2D eigenvalue weighted by atomic mass is 10.2. The van der Waals surface area contributed by atoms with Crippen LogP contribution in [-0.2, 0) is 11.2 Å².